The Kier molecular flexibility index (Phi) is 4.51. The molecule has 19 heavy (non-hydrogen) atoms. The van der Waals surface area contributed by atoms with E-state index in [9.17, 15) is 0 Å². The molecule has 0 bridgehead atoms. The van der Waals surface area contributed by atoms with Crippen LogP contribution in [-0.4, -0.2) is 18.1 Å². The van der Waals surface area contributed by atoms with Crippen molar-refractivity contribution in [2.24, 2.45) is 11.7 Å². The number of thiazole rings is 1. The van der Waals surface area contributed by atoms with E-state index in [0.717, 1.165) is 19.0 Å². The molecule has 1 aliphatic rings. The molecule has 0 radical (unpaired) electrons. The molecular formula is C15H27N3S. The molecule has 2 rings (SSSR count). The highest BCUT2D eigenvalue weighted by molar-refractivity contribution is 7.15. The van der Waals surface area contributed by atoms with Gasteiger partial charge in [-0.2, -0.15) is 0 Å². The molecule has 1 unspecified atom stereocenters. The van der Waals surface area contributed by atoms with Crippen LogP contribution >= 0.6 is 11.3 Å². The van der Waals surface area contributed by atoms with Crippen LogP contribution in [-0.2, 0) is 12.0 Å². The number of piperidine rings is 1. The molecule has 4 heteroatoms. The summed E-state index contributed by atoms with van der Waals surface area (Å²) in [6, 6.07) is 0. The standard InChI is InChI=1S/C15H27N3S/c1-5-11-7-6-8-18(10-11)14-17-13(15(2,3)4)12(9-16)19-14/h11H,5-10,16H2,1-4H3. The van der Waals surface area contributed by atoms with Gasteiger partial charge in [0, 0.05) is 29.9 Å². The van der Waals surface area contributed by atoms with Crippen LogP contribution in [0, 0.1) is 5.92 Å². The largest absolute Gasteiger partial charge is 0.348 e. The Balaban J connectivity index is 2.23. The van der Waals surface area contributed by atoms with E-state index in [1.54, 1.807) is 11.3 Å². The molecule has 1 aromatic heterocycles. The number of rotatable bonds is 3. The summed E-state index contributed by atoms with van der Waals surface area (Å²) in [5.74, 6) is 0.831. The van der Waals surface area contributed by atoms with Gasteiger partial charge < -0.3 is 10.6 Å². The van der Waals surface area contributed by atoms with Crippen LogP contribution in [0.15, 0.2) is 0 Å². The summed E-state index contributed by atoms with van der Waals surface area (Å²) in [4.78, 5) is 8.63. The SMILES string of the molecule is CCC1CCCN(c2nc(C(C)(C)C)c(CN)s2)C1. The van der Waals surface area contributed by atoms with Gasteiger partial charge in [0.05, 0.1) is 5.69 Å². The molecule has 1 saturated heterocycles. The van der Waals surface area contributed by atoms with Gasteiger partial charge in [-0.1, -0.05) is 34.1 Å². The Morgan fingerprint density at radius 3 is 2.68 bits per heavy atom. The highest BCUT2D eigenvalue weighted by Gasteiger charge is 2.26. The first-order chi connectivity index (χ1) is 8.95. The molecule has 1 aromatic rings. The molecule has 0 aliphatic carbocycles. The van der Waals surface area contributed by atoms with Crippen molar-refractivity contribution in [1.29, 1.82) is 0 Å². The van der Waals surface area contributed by atoms with Gasteiger partial charge in [0.25, 0.3) is 0 Å². The third-order valence-electron chi connectivity index (χ3n) is 3.95. The average molecular weight is 281 g/mol. The second kappa shape index (κ2) is 5.80. The van der Waals surface area contributed by atoms with E-state index in [0.29, 0.717) is 6.54 Å². The van der Waals surface area contributed by atoms with Gasteiger partial charge in [-0.25, -0.2) is 4.98 Å². The van der Waals surface area contributed by atoms with Crippen molar-refractivity contribution >= 4 is 16.5 Å². The maximum absolute atomic E-state index is 5.90. The lowest BCUT2D eigenvalue weighted by Crippen LogP contribution is -2.35. The molecule has 2 N–H and O–H groups in total. The summed E-state index contributed by atoms with van der Waals surface area (Å²) in [5, 5.41) is 1.18. The summed E-state index contributed by atoms with van der Waals surface area (Å²) in [6.45, 7) is 11.9. The summed E-state index contributed by atoms with van der Waals surface area (Å²) >= 11 is 1.80. The molecule has 0 saturated carbocycles. The van der Waals surface area contributed by atoms with Crippen molar-refractivity contribution < 1.29 is 0 Å². The minimum absolute atomic E-state index is 0.0867. The number of nitrogens with two attached hydrogens (primary N) is 1. The fourth-order valence-electron chi connectivity index (χ4n) is 2.77. The fourth-order valence-corrected chi connectivity index (χ4v) is 3.96. The minimum Gasteiger partial charge on any atom is -0.348 e. The van der Waals surface area contributed by atoms with E-state index in [-0.39, 0.29) is 5.41 Å². The predicted molar refractivity (Wildman–Crippen MR) is 83.9 cm³/mol. The second-order valence-corrected chi connectivity index (χ2v) is 7.65. The first kappa shape index (κ1) is 14.8. The number of hydrogen-bond acceptors (Lipinski definition) is 4. The Bertz CT molecular complexity index is 420. The quantitative estimate of drug-likeness (QED) is 0.921. The smallest absolute Gasteiger partial charge is 0.185 e. The normalized spacial score (nSPS) is 20.9. The van der Waals surface area contributed by atoms with Crippen LogP contribution in [0.3, 0.4) is 0 Å². The maximum Gasteiger partial charge on any atom is 0.185 e. The van der Waals surface area contributed by atoms with Gasteiger partial charge in [-0.05, 0) is 18.8 Å². The molecule has 0 amide bonds. The highest BCUT2D eigenvalue weighted by atomic mass is 32.1. The van der Waals surface area contributed by atoms with Crippen LogP contribution in [0.4, 0.5) is 5.13 Å². The van der Waals surface area contributed by atoms with Crippen LogP contribution < -0.4 is 10.6 Å². The Hall–Kier alpha value is -0.610. The Morgan fingerprint density at radius 2 is 2.16 bits per heavy atom. The van der Waals surface area contributed by atoms with Crippen molar-refractivity contribution in [2.45, 2.75) is 58.9 Å². The van der Waals surface area contributed by atoms with Crippen LogP contribution in [0.5, 0.6) is 0 Å². The number of hydrogen-bond donors (Lipinski definition) is 1. The summed E-state index contributed by atoms with van der Waals surface area (Å²) < 4.78 is 0. The van der Waals surface area contributed by atoms with Crippen molar-refractivity contribution in [3.63, 3.8) is 0 Å². The van der Waals surface area contributed by atoms with E-state index >= 15 is 0 Å². The van der Waals surface area contributed by atoms with Gasteiger partial charge in [0.15, 0.2) is 5.13 Å². The molecule has 0 spiro atoms. The molecule has 1 aliphatic heterocycles. The number of aromatic nitrogens is 1. The maximum atomic E-state index is 5.90. The van der Waals surface area contributed by atoms with Crippen LogP contribution in [0.25, 0.3) is 0 Å². The van der Waals surface area contributed by atoms with Crippen LogP contribution in [0.1, 0.15) is 57.5 Å². The number of nitrogens with zero attached hydrogens (tertiary/aromatic N) is 2. The highest BCUT2D eigenvalue weighted by Crippen LogP contribution is 2.35. The Morgan fingerprint density at radius 1 is 1.42 bits per heavy atom. The van der Waals surface area contributed by atoms with E-state index in [4.69, 9.17) is 10.7 Å². The van der Waals surface area contributed by atoms with E-state index in [1.807, 2.05) is 0 Å². The molecule has 108 valence electrons. The minimum atomic E-state index is 0.0867. The second-order valence-electron chi connectivity index (χ2n) is 6.58. The third-order valence-corrected chi connectivity index (χ3v) is 5.09. The van der Waals surface area contributed by atoms with Crippen LogP contribution in [0.2, 0.25) is 0 Å². The van der Waals surface area contributed by atoms with Crippen molar-refractivity contribution in [3.05, 3.63) is 10.6 Å². The topological polar surface area (TPSA) is 42.2 Å². The fraction of sp³-hybridized carbons (Fsp3) is 0.800. The third kappa shape index (κ3) is 3.29. The van der Waals surface area contributed by atoms with E-state index in [2.05, 4.69) is 32.6 Å². The van der Waals surface area contributed by atoms with Gasteiger partial charge in [0.2, 0.25) is 0 Å². The zero-order valence-electron chi connectivity index (χ0n) is 12.7. The lowest BCUT2D eigenvalue weighted by molar-refractivity contribution is 0.404. The monoisotopic (exact) mass is 281 g/mol. The van der Waals surface area contributed by atoms with Crippen molar-refractivity contribution in [3.8, 4) is 0 Å². The first-order valence-electron chi connectivity index (χ1n) is 7.41. The molecule has 0 aromatic carbocycles. The summed E-state index contributed by atoms with van der Waals surface area (Å²) in [6.07, 6.45) is 3.94. The molecular weight excluding hydrogens is 254 g/mol. The van der Waals surface area contributed by atoms with E-state index < -0.39 is 0 Å². The molecule has 3 nitrogen and oxygen atoms in total. The zero-order valence-corrected chi connectivity index (χ0v) is 13.5. The number of anilines is 1. The van der Waals surface area contributed by atoms with Gasteiger partial charge in [-0.3, -0.25) is 0 Å². The molecule has 2 heterocycles. The Labute approximate surface area is 121 Å². The summed E-state index contributed by atoms with van der Waals surface area (Å²) in [7, 11) is 0. The summed E-state index contributed by atoms with van der Waals surface area (Å²) in [5.41, 5.74) is 7.17. The first-order valence-corrected chi connectivity index (χ1v) is 8.22. The lowest BCUT2D eigenvalue weighted by Gasteiger charge is -2.32. The van der Waals surface area contributed by atoms with E-state index in [1.165, 1.54) is 35.0 Å². The van der Waals surface area contributed by atoms with Gasteiger partial charge in [-0.15, -0.1) is 11.3 Å². The molecule has 1 fully saturated rings. The van der Waals surface area contributed by atoms with Gasteiger partial charge >= 0.3 is 0 Å². The molecule has 1 atom stereocenters. The average Bonchev–Trinajstić information content (AvgIpc) is 2.83. The van der Waals surface area contributed by atoms with Gasteiger partial charge in [0.1, 0.15) is 0 Å². The zero-order chi connectivity index (χ0) is 14.0. The van der Waals surface area contributed by atoms with Crippen molar-refractivity contribution in [1.82, 2.24) is 4.98 Å². The van der Waals surface area contributed by atoms with Crippen molar-refractivity contribution in [2.75, 3.05) is 18.0 Å². The lowest BCUT2D eigenvalue weighted by atomic mass is 9.91. The predicted octanol–water partition coefficient (Wildman–Crippen LogP) is 3.53.